The monoisotopic (exact) mass is 279 g/mol. The molecule has 0 aromatic heterocycles. The Kier molecular flexibility index (Phi) is 7.04. The van der Waals surface area contributed by atoms with Crippen molar-refractivity contribution in [3.05, 3.63) is 23.8 Å². The molecule has 4 N–H and O–H groups in total. The Balaban J connectivity index is 2.38. The van der Waals surface area contributed by atoms with E-state index in [0.29, 0.717) is 18.7 Å². The molecule has 112 valence electrons. The van der Waals surface area contributed by atoms with E-state index >= 15 is 0 Å². The van der Waals surface area contributed by atoms with Crippen LogP contribution in [-0.4, -0.2) is 42.2 Å². The van der Waals surface area contributed by atoms with E-state index in [0.717, 1.165) is 30.8 Å². The summed E-state index contributed by atoms with van der Waals surface area (Å²) in [5.41, 5.74) is 8.14. The van der Waals surface area contributed by atoms with Crippen LogP contribution in [0.2, 0.25) is 0 Å². The number of carbonyl (C=O) groups excluding carboxylic acids is 1. The number of aliphatic hydroxyl groups excluding tert-OH is 1. The van der Waals surface area contributed by atoms with Crippen molar-refractivity contribution in [2.45, 2.75) is 26.7 Å². The van der Waals surface area contributed by atoms with Crippen molar-refractivity contribution in [1.82, 2.24) is 4.90 Å². The second kappa shape index (κ2) is 8.55. The molecule has 0 atom stereocenters. The van der Waals surface area contributed by atoms with Gasteiger partial charge in [0.25, 0.3) is 0 Å². The van der Waals surface area contributed by atoms with Crippen molar-refractivity contribution >= 4 is 17.3 Å². The zero-order valence-corrected chi connectivity index (χ0v) is 12.4. The topological polar surface area (TPSA) is 78.6 Å². The summed E-state index contributed by atoms with van der Waals surface area (Å²) in [7, 11) is 0. The minimum atomic E-state index is -0.00116. The number of anilines is 2. The fourth-order valence-corrected chi connectivity index (χ4v) is 2.02. The Bertz CT molecular complexity index is 435. The molecule has 5 nitrogen and oxygen atoms in total. The van der Waals surface area contributed by atoms with E-state index in [2.05, 4.69) is 10.2 Å². The molecule has 0 spiro atoms. The largest absolute Gasteiger partial charge is 0.399 e. The summed E-state index contributed by atoms with van der Waals surface area (Å²) in [5, 5.41) is 11.8. The molecule has 0 bridgehead atoms. The SMILES string of the molecule is CCN(CCO)CCCC(=O)Nc1cc(N)ccc1C. The lowest BCUT2D eigenvalue weighted by molar-refractivity contribution is -0.116. The van der Waals surface area contributed by atoms with Crippen molar-refractivity contribution < 1.29 is 9.90 Å². The molecule has 0 aliphatic heterocycles. The first-order chi connectivity index (χ1) is 9.56. The Morgan fingerprint density at radius 2 is 2.15 bits per heavy atom. The summed E-state index contributed by atoms with van der Waals surface area (Å²) in [6.45, 7) is 6.51. The van der Waals surface area contributed by atoms with Crippen molar-refractivity contribution in [2.75, 3.05) is 37.3 Å². The number of hydrogen-bond donors (Lipinski definition) is 3. The first kappa shape index (κ1) is 16.5. The van der Waals surface area contributed by atoms with Crippen LogP contribution in [0.3, 0.4) is 0 Å². The minimum absolute atomic E-state index is 0.00116. The van der Waals surface area contributed by atoms with Crippen molar-refractivity contribution in [3.8, 4) is 0 Å². The maximum atomic E-state index is 11.9. The molecule has 0 aliphatic carbocycles. The quantitative estimate of drug-likeness (QED) is 0.632. The molecule has 1 rings (SSSR count). The summed E-state index contributed by atoms with van der Waals surface area (Å²) in [4.78, 5) is 14.0. The number of hydrogen-bond acceptors (Lipinski definition) is 4. The average molecular weight is 279 g/mol. The highest BCUT2D eigenvalue weighted by Crippen LogP contribution is 2.18. The Labute approximate surface area is 120 Å². The molecule has 1 aromatic rings. The van der Waals surface area contributed by atoms with Gasteiger partial charge in [0, 0.05) is 24.3 Å². The maximum absolute atomic E-state index is 11.9. The Morgan fingerprint density at radius 1 is 1.40 bits per heavy atom. The van der Waals surface area contributed by atoms with Crippen LogP contribution in [0.1, 0.15) is 25.3 Å². The highest BCUT2D eigenvalue weighted by atomic mass is 16.3. The zero-order valence-electron chi connectivity index (χ0n) is 12.4. The highest BCUT2D eigenvalue weighted by Gasteiger charge is 2.07. The maximum Gasteiger partial charge on any atom is 0.224 e. The minimum Gasteiger partial charge on any atom is -0.399 e. The summed E-state index contributed by atoms with van der Waals surface area (Å²) in [5.74, 6) is -0.00116. The lowest BCUT2D eigenvalue weighted by Gasteiger charge is -2.18. The summed E-state index contributed by atoms with van der Waals surface area (Å²) < 4.78 is 0. The Morgan fingerprint density at radius 3 is 2.80 bits per heavy atom. The number of amides is 1. The van der Waals surface area contributed by atoms with Gasteiger partial charge in [-0.2, -0.15) is 0 Å². The van der Waals surface area contributed by atoms with E-state index in [9.17, 15) is 4.79 Å². The molecule has 0 radical (unpaired) electrons. The summed E-state index contributed by atoms with van der Waals surface area (Å²) >= 11 is 0. The van der Waals surface area contributed by atoms with Gasteiger partial charge in [-0.3, -0.25) is 4.79 Å². The predicted molar refractivity (Wildman–Crippen MR) is 82.7 cm³/mol. The molecule has 0 fully saturated rings. The van der Waals surface area contributed by atoms with Gasteiger partial charge in [-0.1, -0.05) is 13.0 Å². The third-order valence-corrected chi connectivity index (χ3v) is 3.28. The number of aryl methyl sites for hydroxylation is 1. The van der Waals surface area contributed by atoms with Gasteiger partial charge in [-0.25, -0.2) is 0 Å². The van der Waals surface area contributed by atoms with Crippen LogP contribution in [0.15, 0.2) is 18.2 Å². The number of nitrogens with zero attached hydrogens (tertiary/aromatic N) is 1. The van der Waals surface area contributed by atoms with Crippen LogP contribution in [0.5, 0.6) is 0 Å². The van der Waals surface area contributed by atoms with E-state index in [1.165, 1.54) is 0 Å². The van der Waals surface area contributed by atoms with Crippen LogP contribution in [0, 0.1) is 6.92 Å². The number of rotatable bonds is 8. The molecule has 1 aromatic carbocycles. The van der Waals surface area contributed by atoms with Gasteiger partial charge in [0.15, 0.2) is 0 Å². The van der Waals surface area contributed by atoms with Crippen molar-refractivity contribution in [3.63, 3.8) is 0 Å². The highest BCUT2D eigenvalue weighted by molar-refractivity contribution is 5.91. The molecule has 0 saturated carbocycles. The van der Waals surface area contributed by atoms with Crippen molar-refractivity contribution in [2.24, 2.45) is 0 Å². The fraction of sp³-hybridized carbons (Fsp3) is 0.533. The van der Waals surface area contributed by atoms with Gasteiger partial charge in [-0.15, -0.1) is 0 Å². The number of benzene rings is 1. The molecular weight excluding hydrogens is 254 g/mol. The molecule has 5 heteroatoms. The van der Waals surface area contributed by atoms with Crippen molar-refractivity contribution in [1.29, 1.82) is 0 Å². The lowest BCUT2D eigenvalue weighted by atomic mass is 10.1. The summed E-state index contributed by atoms with van der Waals surface area (Å²) in [6.07, 6.45) is 1.25. The molecule has 0 aliphatic rings. The molecule has 0 saturated heterocycles. The van der Waals surface area contributed by atoms with Crippen LogP contribution >= 0.6 is 0 Å². The number of carbonyl (C=O) groups is 1. The van der Waals surface area contributed by atoms with Gasteiger partial charge in [0.1, 0.15) is 0 Å². The second-order valence-corrected chi connectivity index (χ2v) is 4.88. The van der Waals surface area contributed by atoms with Gasteiger partial charge in [0.05, 0.1) is 6.61 Å². The number of likely N-dealkylation sites (N-methyl/N-ethyl adjacent to an activating group) is 1. The van der Waals surface area contributed by atoms with E-state index in [1.807, 2.05) is 26.0 Å². The Hall–Kier alpha value is -1.59. The first-order valence-electron chi connectivity index (χ1n) is 7.06. The third kappa shape index (κ3) is 5.59. The van der Waals surface area contributed by atoms with Gasteiger partial charge < -0.3 is 21.1 Å². The standard InChI is InChI=1S/C15H25N3O2/c1-3-18(9-10-19)8-4-5-15(20)17-14-11-13(16)7-6-12(14)2/h6-7,11,19H,3-5,8-10,16H2,1-2H3,(H,17,20). The van der Waals surface area contributed by atoms with E-state index in [-0.39, 0.29) is 12.5 Å². The van der Waals surface area contributed by atoms with Crippen LogP contribution < -0.4 is 11.1 Å². The van der Waals surface area contributed by atoms with Gasteiger partial charge in [0.2, 0.25) is 5.91 Å². The van der Waals surface area contributed by atoms with Crippen LogP contribution in [0.25, 0.3) is 0 Å². The number of nitrogen functional groups attached to an aromatic ring is 1. The fourth-order valence-electron chi connectivity index (χ4n) is 2.02. The first-order valence-corrected chi connectivity index (χ1v) is 7.06. The van der Waals surface area contributed by atoms with Crippen LogP contribution in [-0.2, 0) is 4.79 Å². The number of aliphatic hydroxyl groups is 1. The molecule has 20 heavy (non-hydrogen) atoms. The smallest absolute Gasteiger partial charge is 0.224 e. The normalized spacial score (nSPS) is 10.8. The lowest BCUT2D eigenvalue weighted by Crippen LogP contribution is -2.28. The number of nitrogens with one attached hydrogen (secondary N) is 1. The van der Waals surface area contributed by atoms with E-state index in [1.54, 1.807) is 6.07 Å². The number of nitrogens with two attached hydrogens (primary N) is 1. The third-order valence-electron chi connectivity index (χ3n) is 3.28. The molecular formula is C15H25N3O2. The average Bonchev–Trinajstić information content (AvgIpc) is 2.42. The zero-order chi connectivity index (χ0) is 15.0. The molecule has 1 amide bonds. The van der Waals surface area contributed by atoms with Crippen LogP contribution in [0.4, 0.5) is 11.4 Å². The van der Waals surface area contributed by atoms with Gasteiger partial charge >= 0.3 is 0 Å². The molecule has 0 unspecified atom stereocenters. The predicted octanol–water partition coefficient (Wildman–Crippen LogP) is 1.61. The molecule has 0 heterocycles. The summed E-state index contributed by atoms with van der Waals surface area (Å²) in [6, 6.07) is 5.49. The van der Waals surface area contributed by atoms with Gasteiger partial charge in [-0.05, 0) is 44.1 Å². The van der Waals surface area contributed by atoms with E-state index < -0.39 is 0 Å². The van der Waals surface area contributed by atoms with E-state index in [4.69, 9.17) is 10.8 Å². The second-order valence-electron chi connectivity index (χ2n) is 4.88.